The van der Waals surface area contributed by atoms with Crippen molar-refractivity contribution in [2.45, 2.75) is 38.2 Å². The van der Waals surface area contributed by atoms with Crippen LogP contribution in [0.15, 0.2) is 24.3 Å². The number of nitrogens with zero attached hydrogens (tertiary/aromatic N) is 1. The van der Waals surface area contributed by atoms with Gasteiger partial charge < -0.3 is 15.0 Å². The van der Waals surface area contributed by atoms with Crippen molar-refractivity contribution >= 4 is 18.3 Å². The molecule has 1 heterocycles. The normalized spacial score (nSPS) is 19.4. The molecule has 0 bridgehead atoms. The highest BCUT2D eigenvalue weighted by Gasteiger charge is 2.19. The van der Waals surface area contributed by atoms with Crippen LogP contribution >= 0.6 is 12.4 Å². The molecule has 2 fully saturated rings. The molecule has 1 N–H and O–H groups in total. The Labute approximate surface area is 138 Å². The van der Waals surface area contributed by atoms with E-state index in [1.807, 2.05) is 29.2 Å². The van der Waals surface area contributed by atoms with E-state index < -0.39 is 0 Å². The largest absolute Gasteiger partial charge is 0.490 e. The molecule has 122 valence electrons. The van der Waals surface area contributed by atoms with Crippen LogP contribution in [0.2, 0.25) is 0 Å². The Morgan fingerprint density at radius 3 is 2.77 bits per heavy atom. The van der Waals surface area contributed by atoms with Gasteiger partial charge in [0.2, 0.25) is 0 Å². The van der Waals surface area contributed by atoms with E-state index in [1.165, 1.54) is 12.8 Å². The number of benzene rings is 1. The van der Waals surface area contributed by atoms with Crippen LogP contribution in [0.3, 0.4) is 0 Å². The highest BCUT2D eigenvalue weighted by Crippen LogP contribution is 2.25. The van der Waals surface area contributed by atoms with Crippen molar-refractivity contribution in [2.75, 3.05) is 26.2 Å². The van der Waals surface area contributed by atoms with Gasteiger partial charge in [0.15, 0.2) is 0 Å². The molecule has 3 rings (SSSR count). The molecule has 2 aliphatic rings. The predicted octanol–water partition coefficient (Wildman–Crippen LogP) is 2.87. The Morgan fingerprint density at radius 2 is 1.95 bits per heavy atom. The first-order chi connectivity index (χ1) is 10.3. The summed E-state index contributed by atoms with van der Waals surface area (Å²) in [5, 5.41) is 3.32. The van der Waals surface area contributed by atoms with Gasteiger partial charge in [-0.25, -0.2) is 0 Å². The third kappa shape index (κ3) is 4.37. The Bertz CT molecular complexity index is 481. The highest BCUT2D eigenvalue weighted by molar-refractivity contribution is 5.94. The fraction of sp³-hybridized carbons (Fsp3) is 0.588. The molecular formula is C17H25ClN2O2. The van der Waals surface area contributed by atoms with Crippen molar-refractivity contribution in [3.05, 3.63) is 29.8 Å². The van der Waals surface area contributed by atoms with E-state index in [0.29, 0.717) is 6.10 Å². The molecule has 0 atom stereocenters. The predicted molar refractivity (Wildman–Crippen MR) is 90.0 cm³/mol. The van der Waals surface area contributed by atoms with Crippen LogP contribution < -0.4 is 10.1 Å². The molecule has 0 radical (unpaired) electrons. The van der Waals surface area contributed by atoms with Crippen LogP contribution in [0.4, 0.5) is 0 Å². The Balaban J connectivity index is 0.00000176. The van der Waals surface area contributed by atoms with E-state index in [9.17, 15) is 4.79 Å². The van der Waals surface area contributed by atoms with Crippen LogP contribution in [0.1, 0.15) is 42.5 Å². The summed E-state index contributed by atoms with van der Waals surface area (Å²) in [6, 6.07) is 7.67. The van der Waals surface area contributed by atoms with Crippen molar-refractivity contribution in [1.29, 1.82) is 0 Å². The third-order valence-corrected chi connectivity index (χ3v) is 4.31. The van der Waals surface area contributed by atoms with Crippen LogP contribution in [0.25, 0.3) is 0 Å². The molecule has 1 aromatic rings. The van der Waals surface area contributed by atoms with Gasteiger partial charge in [0, 0.05) is 25.2 Å². The zero-order valence-corrected chi connectivity index (χ0v) is 13.7. The van der Waals surface area contributed by atoms with Gasteiger partial charge in [0.05, 0.1) is 6.10 Å². The summed E-state index contributed by atoms with van der Waals surface area (Å²) in [6.45, 7) is 3.49. The van der Waals surface area contributed by atoms with Crippen molar-refractivity contribution in [3.8, 4) is 5.75 Å². The lowest BCUT2D eigenvalue weighted by Crippen LogP contribution is -2.34. The number of carbonyl (C=O) groups excluding carboxylic acids is 1. The maximum Gasteiger partial charge on any atom is 0.254 e. The average molecular weight is 325 g/mol. The minimum absolute atomic E-state index is 0. The maximum atomic E-state index is 12.6. The second kappa shape index (κ2) is 8.39. The van der Waals surface area contributed by atoms with Gasteiger partial charge in [0.1, 0.15) is 5.75 Å². The van der Waals surface area contributed by atoms with Crippen LogP contribution in [-0.2, 0) is 0 Å². The molecule has 4 nitrogen and oxygen atoms in total. The van der Waals surface area contributed by atoms with Gasteiger partial charge in [0.25, 0.3) is 5.91 Å². The molecule has 1 saturated heterocycles. The van der Waals surface area contributed by atoms with Gasteiger partial charge >= 0.3 is 0 Å². The van der Waals surface area contributed by atoms with Gasteiger partial charge in [-0.3, -0.25) is 4.79 Å². The number of halogens is 1. The van der Waals surface area contributed by atoms with Crippen LogP contribution in [-0.4, -0.2) is 43.1 Å². The Hall–Kier alpha value is -1.26. The lowest BCUT2D eigenvalue weighted by Gasteiger charge is -2.20. The SMILES string of the molecule is Cl.O=C(c1cccc(OC2CCCC2)c1)N1CCCNCC1. The number of nitrogens with one attached hydrogen (secondary N) is 1. The zero-order valence-electron chi connectivity index (χ0n) is 12.9. The molecular weight excluding hydrogens is 300 g/mol. The summed E-state index contributed by atoms with van der Waals surface area (Å²) >= 11 is 0. The highest BCUT2D eigenvalue weighted by atomic mass is 35.5. The molecule has 0 spiro atoms. The quantitative estimate of drug-likeness (QED) is 0.929. The molecule has 1 amide bonds. The second-order valence-corrected chi connectivity index (χ2v) is 5.95. The van der Waals surface area contributed by atoms with Crippen molar-refractivity contribution in [2.24, 2.45) is 0 Å². The molecule has 1 saturated carbocycles. The molecule has 5 heteroatoms. The van der Waals surface area contributed by atoms with E-state index >= 15 is 0 Å². The lowest BCUT2D eigenvalue weighted by atomic mass is 10.1. The second-order valence-electron chi connectivity index (χ2n) is 5.95. The monoisotopic (exact) mass is 324 g/mol. The number of ether oxygens (including phenoxy) is 1. The molecule has 1 aromatic carbocycles. The summed E-state index contributed by atoms with van der Waals surface area (Å²) in [5.41, 5.74) is 0.743. The fourth-order valence-electron chi connectivity index (χ4n) is 3.13. The summed E-state index contributed by atoms with van der Waals surface area (Å²) in [7, 11) is 0. The fourth-order valence-corrected chi connectivity index (χ4v) is 3.13. The molecule has 0 unspecified atom stereocenters. The first kappa shape index (κ1) is 17.1. The average Bonchev–Trinajstić information content (AvgIpc) is 2.87. The van der Waals surface area contributed by atoms with Gasteiger partial charge in [-0.1, -0.05) is 6.07 Å². The Morgan fingerprint density at radius 1 is 1.14 bits per heavy atom. The van der Waals surface area contributed by atoms with E-state index in [-0.39, 0.29) is 18.3 Å². The standard InChI is InChI=1S/C17H24N2O2.ClH/c20-17(19-11-4-9-18-10-12-19)14-5-3-8-16(13-14)21-15-6-1-2-7-15;/h3,5,8,13,15,18H,1-2,4,6-7,9-12H2;1H. The van der Waals surface area contributed by atoms with Gasteiger partial charge in [-0.2, -0.15) is 0 Å². The van der Waals surface area contributed by atoms with E-state index in [2.05, 4.69) is 5.32 Å². The zero-order chi connectivity index (χ0) is 14.5. The van der Waals surface area contributed by atoms with E-state index in [4.69, 9.17) is 4.74 Å². The summed E-state index contributed by atoms with van der Waals surface area (Å²) in [4.78, 5) is 14.5. The first-order valence-electron chi connectivity index (χ1n) is 8.09. The molecule has 22 heavy (non-hydrogen) atoms. The summed E-state index contributed by atoms with van der Waals surface area (Å²) < 4.78 is 6.00. The third-order valence-electron chi connectivity index (χ3n) is 4.31. The number of amides is 1. The Kier molecular flexibility index (Phi) is 6.52. The van der Waals surface area contributed by atoms with Crippen molar-refractivity contribution in [3.63, 3.8) is 0 Å². The smallest absolute Gasteiger partial charge is 0.254 e. The summed E-state index contributed by atoms with van der Waals surface area (Å²) in [6.07, 6.45) is 6.13. The van der Waals surface area contributed by atoms with Gasteiger partial charge in [-0.05, 0) is 56.8 Å². The molecule has 0 aromatic heterocycles. The lowest BCUT2D eigenvalue weighted by molar-refractivity contribution is 0.0765. The summed E-state index contributed by atoms with van der Waals surface area (Å²) in [5.74, 6) is 0.955. The van der Waals surface area contributed by atoms with Gasteiger partial charge in [-0.15, -0.1) is 12.4 Å². The molecule has 1 aliphatic heterocycles. The van der Waals surface area contributed by atoms with Crippen molar-refractivity contribution in [1.82, 2.24) is 10.2 Å². The van der Waals surface area contributed by atoms with Crippen LogP contribution in [0.5, 0.6) is 5.75 Å². The minimum atomic E-state index is 0. The van der Waals surface area contributed by atoms with Crippen LogP contribution in [0, 0.1) is 0 Å². The number of carbonyl (C=O) groups is 1. The number of rotatable bonds is 3. The minimum Gasteiger partial charge on any atom is -0.490 e. The van der Waals surface area contributed by atoms with E-state index in [1.54, 1.807) is 0 Å². The van der Waals surface area contributed by atoms with Crippen molar-refractivity contribution < 1.29 is 9.53 Å². The molecule has 1 aliphatic carbocycles. The maximum absolute atomic E-state index is 12.6. The number of hydrogen-bond donors (Lipinski definition) is 1. The number of hydrogen-bond acceptors (Lipinski definition) is 3. The first-order valence-corrected chi connectivity index (χ1v) is 8.09. The van der Waals surface area contributed by atoms with E-state index in [0.717, 1.165) is 56.8 Å². The topological polar surface area (TPSA) is 41.6 Å².